The third-order valence-electron chi connectivity index (χ3n) is 5.68. The molecule has 0 aliphatic carbocycles. The molecule has 1 atom stereocenters. The summed E-state index contributed by atoms with van der Waals surface area (Å²) in [5.74, 6) is 0.723. The minimum atomic E-state index is -0.700. The summed E-state index contributed by atoms with van der Waals surface area (Å²) in [7, 11) is 0. The van der Waals surface area contributed by atoms with Crippen LogP contribution in [0.3, 0.4) is 0 Å². The van der Waals surface area contributed by atoms with Gasteiger partial charge in [-0.05, 0) is 47.5 Å². The van der Waals surface area contributed by atoms with E-state index in [1.807, 2.05) is 19.9 Å². The van der Waals surface area contributed by atoms with Gasteiger partial charge >= 0.3 is 0 Å². The fourth-order valence-electron chi connectivity index (χ4n) is 3.74. The predicted octanol–water partition coefficient (Wildman–Crippen LogP) is 3.43. The van der Waals surface area contributed by atoms with E-state index >= 15 is 0 Å². The summed E-state index contributed by atoms with van der Waals surface area (Å²) < 4.78 is 11.8. The number of carbonyl (C=O) groups is 1. The maximum absolute atomic E-state index is 12.8. The Hall–Kier alpha value is -3.11. The molecule has 0 radical (unpaired) electrons. The van der Waals surface area contributed by atoms with Gasteiger partial charge in [-0.1, -0.05) is 13.0 Å². The molecule has 1 aliphatic rings. The number of nitrogens with one attached hydrogen (secondary N) is 2. The standard InChI is InChI=1S/C23H24BrN3O6/c1-3-15(17-11-14(24)12(2)33-17)25-18-19(22(30)21(18)29)26-16-6-4-5-13(20(16)28)23(31)27-7-9-32-10-8-27/h4-6,11,15,25-26,28H,3,7-10H2,1-2H3/t15-/m1/s1. The van der Waals surface area contributed by atoms with Crippen LogP contribution in [-0.4, -0.2) is 42.2 Å². The molecule has 3 aromatic rings. The van der Waals surface area contributed by atoms with E-state index in [-0.39, 0.29) is 40.3 Å². The van der Waals surface area contributed by atoms with Crippen molar-refractivity contribution >= 4 is 38.9 Å². The quantitative estimate of drug-likeness (QED) is 0.322. The van der Waals surface area contributed by atoms with Gasteiger partial charge in [0, 0.05) is 13.1 Å². The first-order valence-electron chi connectivity index (χ1n) is 10.6. The maximum Gasteiger partial charge on any atom is 0.257 e. The number of nitrogens with zero attached hydrogens (tertiary/aromatic N) is 1. The molecule has 3 N–H and O–H groups in total. The van der Waals surface area contributed by atoms with Gasteiger partial charge in [0.2, 0.25) is 0 Å². The molecule has 174 valence electrons. The third-order valence-corrected chi connectivity index (χ3v) is 6.47. The number of furan rings is 1. The zero-order valence-electron chi connectivity index (χ0n) is 18.2. The van der Waals surface area contributed by atoms with Crippen LogP contribution < -0.4 is 21.5 Å². The molecule has 2 aromatic carbocycles. The Morgan fingerprint density at radius 2 is 1.91 bits per heavy atom. The van der Waals surface area contributed by atoms with Crippen molar-refractivity contribution in [3.63, 3.8) is 0 Å². The lowest BCUT2D eigenvalue weighted by Gasteiger charge is -2.27. The summed E-state index contributed by atoms with van der Waals surface area (Å²) >= 11 is 3.41. The van der Waals surface area contributed by atoms with Crippen LogP contribution in [0.5, 0.6) is 5.75 Å². The van der Waals surface area contributed by atoms with Gasteiger partial charge in [0.05, 0.1) is 35.0 Å². The highest BCUT2D eigenvalue weighted by molar-refractivity contribution is 9.10. The van der Waals surface area contributed by atoms with Gasteiger partial charge in [0.15, 0.2) is 5.75 Å². The largest absolute Gasteiger partial charge is 0.505 e. The number of hydrogen-bond acceptors (Lipinski definition) is 8. The van der Waals surface area contributed by atoms with Gasteiger partial charge in [-0.3, -0.25) is 14.4 Å². The van der Waals surface area contributed by atoms with Crippen LogP contribution in [0, 0.1) is 6.92 Å². The van der Waals surface area contributed by atoms with Crippen molar-refractivity contribution < 1.29 is 19.1 Å². The molecule has 33 heavy (non-hydrogen) atoms. The number of phenolic OH excluding ortho intramolecular Hbond substituents is 1. The van der Waals surface area contributed by atoms with E-state index < -0.39 is 10.9 Å². The van der Waals surface area contributed by atoms with Crippen molar-refractivity contribution in [3.05, 3.63) is 66.3 Å². The number of phenols is 1. The molecule has 1 fully saturated rings. The van der Waals surface area contributed by atoms with Crippen LogP contribution >= 0.6 is 15.9 Å². The summed E-state index contributed by atoms with van der Waals surface area (Å²) in [6.45, 7) is 5.49. The Balaban J connectivity index is 1.58. The Labute approximate surface area is 198 Å². The number of benzene rings is 1. The van der Waals surface area contributed by atoms with Crippen molar-refractivity contribution in [2.45, 2.75) is 26.3 Å². The summed E-state index contributed by atoms with van der Waals surface area (Å²) in [5.41, 5.74) is -0.938. The molecule has 4 rings (SSSR count). The van der Waals surface area contributed by atoms with Gasteiger partial charge in [-0.15, -0.1) is 0 Å². The van der Waals surface area contributed by atoms with Gasteiger partial charge in [-0.2, -0.15) is 0 Å². The molecule has 1 aliphatic heterocycles. The molecule has 1 amide bonds. The monoisotopic (exact) mass is 517 g/mol. The maximum atomic E-state index is 12.8. The highest BCUT2D eigenvalue weighted by atomic mass is 79.9. The van der Waals surface area contributed by atoms with Crippen LogP contribution in [0.4, 0.5) is 17.1 Å². The Bertz CT molecular complexity index is 1230. The molecule has 9 nitrogen and oxygen atoms in total. The molecule has 0 bridgehead atoms. The molecule has 0 saturated carbocycles. The van der Waals surface area contributed by atoms with Crippen molar-refractivity contribution in [1.29, 1.82) is 0 Å². The minimum Gasteiger partial charge on any atom is -0.505 e. The van der Waals surface area contributed by atoms with Crippen LogP contribution in [0.2, 0.25) is 0 Å². The molecule has 0 unspecified atom stereocenters. The number of aryl methyl sites for hydroxylation is 1. The molecule has 1 saturated heterocycles. The van der Waals surface area contributed by atoms with Crippen LogP contribution in [-0.2, 0) is 4.74 Å². The van der Waals surface area contributed by atoms with Gasteiger partial charge in [0.25, 0.3) is 16.8 Å². The smallest absolute Gasteiger partial charge is 0.257 e. The number of rotatable bonds is 7. The number of aromatic hydroxyl groups is 1. The second kappa shape index (κ2) is 9.40. The van der Waals surface area contributed by atoms with E-state index in [9.17, 15) is 19.5 Å². The van der Waals surface area contributed by atoms with Crippen molar-refractivity contribution in [2.24, 2.45) is 0 Å². The van der Waals surface area contributed by atoms with Crippen molar-refractivity contribution in [3.8, 4) is 5.75 Å². The Morgan fingerprint density at radius 1 is 1.21 bits per heavy atom. The number of halogens is 1. The lowest BCUT2D eigenvalue weighted by molar-refractivity contribution is 0.0301. The number of para-hydroxylation sites is 1. The third kappa shape index (κ3) is 4.40. The zero-order valence-corrected chi connectivity index (χ0v) is 19.8. The van der Waals surface area contributed by atoms with Crippen LogP contribution in [0.1, 0.15) is 41.3 Å². The lowest BCUT2D eigenvalue weighted by atomic mass is 10.1. The highest BCUT2D eigenvalue weighted by Crippen LogP contribution is 2.34. The lowest BCUT2D eigenvalue weighted by Crippen LogP contribution is -2.40. The van der Waals surface area contributed by atoms with E-state index in [4.69, 9.17) is 9.15 Å². The van der Waals surface area contributed by atoms with Gasteiger partial charge in [-0.25, -0.2) is 0 Å². The SMILES string of the molecule is CC[C@@H](Nc1c(Nc2cccc(C(=O)N3CCOCC3)c2O)c(=O)c1=O)c1cc(Br)c(C)o1. The fraction of sp³-hybridized carbons (Fsp3) is 0.348. The Morgan fingerprint density at radius 3 is 2.55 bits per heavy atom. The minimum absolute atomic E-state index is 0.0343. The van der Waals surface area contributed by atoms with E-state index in [0.717, 1.165) is 4.47 Å². The summed E-state index contributed by atoms with van der Waals surface area (Å²) in [6, 6.07) is 6.15. The second-order valence-electron chi connectivity index (χ2n) is 7.80. The van der Waals surface area contributed by atoms with E-state index in [2.05, 4.69) is 26.6 Å². The van der Waals surface area contributed by atoms with E-state index in [1.165, 1.54) is 12.1 Å². The molecule has 10 heteroatoms. The second-order valence-corrected chi connectivity index (χ2v) is 8.65. The van der Waals surface area contributed by atoms with Crippen molar-refractivity contribution in [2.75, 3.05) is 36.9 Å². The van der Waals surface area contributed by atoms with Gasteiger partial charge in [0.1, 0.15) is 22.9 Å². The number of ether oxygens (including phenoxy) is 1. The average Bonchev–Trinajstić information content (AvgIpc) is 3.17. The number of morpholine rings is 1. The molecule has 1 aromatic heterocycles. The molecule has 0 spiro atoms. The summed E-state index contributed by atoms with van der Waals surface area (Å²) in [6.07, 6.45) is 0.604. The normalized spacial score (nSPS) is 14.9. The predicted molar refractivity (Wildman–Crippen MR) is 127 cm³/mol. The highest BCUT2D eigenvalue weighted by Gasteiger charge is 2.27. The zero-order chi connectivity index (χ0) is 23.7. The number of amides is 1. The number of hydrogen-bond donors (Lipinski definition) is 3. The van der Waals surface area contributed by atoms with Crippen molar-refractivity contribution in [1.82, 2.24) is 4.90 Å². The van der Waals surface area contributed by atoms with E-state index in [1.54, 1.807) is 11.0 Å². The molecular weight excluding hydrogens is 494 g/mol. The average molecular weight is 518 g/mol. The number of carbonyl (C=O) groups excluding carboxylic acids is 1. The molecule has 2 heterocycles. The first-order chi connectivity index (χ1) is 15.8. The first kappa shape index (κ1) is 23.1. The summed E-state index contributed by atoms with van der Waals surface area (Å²) in [5, 5.41) is 16.7. The van der Waals surface area contributed by atoms with Gasteiger partial charge < -0.3 is 29.8 Å². The van der Waals surface area contributed by atoms with E-state index in [0.29, 0.717) is 44.2 Å². The number of anilines is 3. The van der Waals surface area contributed by atoms with Crippen LogP contribution in [0.25, 0.3) is 0 Å². The Kier molecular flexibility index (Phi) is 6.57. The topological polar surface area (TPSA) is 121 Å². The first-order valence-corrected chi connectivity index (χ1v) is 11.4. The summed E-state index contributed by atoms with van der Waals surface area (Å²) in [4.78, 5) is 39.0. The van der Waals surface area contributed by atoms with Crippen LogP contribution in [0.15, 0.2) is 42.7 Å². The fourth-order valence-corrected chi connectivity index (χ4v) is 4.05. The molecular formula is C23H24BrN3O6.